The van der Waals surface area contributed by atoms with Crippen molar-refractivity contribution in [2.24, 2.45) is 0 Å². The first-order valence-corrected chi connectivity index (χ1v) is 8.58. The molecule has 0 bridgehead atoms. The van der Waals surface area contributed by atoms with E-state index in [-0.39, 0.29) is 11.3 Å². The smallest absolute Gasteiger partial charge is 0.272 e. The fourth-order valence-electron chi connectivity index (χ4n) is 3.80. The Bertz CT molecular complexity index is 843. The van der Waals surface area contributed by atoms with Crippen LogP contribution >= 0.6 is 0 Å². The van der Waals surface area contributed by atoms with Gasteiger partial charge < -0.3 is 9.80 Å². The molecule has 1 spiro atoms. The van der Waals surface area contributed by atoms with Crippen molar-refractivity contribution in [3.8, 4) is 0 Å². The van der Waals surface area contributed by atoms with Crippen LogP contribution in [0.25, 0.3) is 0 Å². The molecule has 1 fully saturated rings. The molecule has 0 unspecified atom stereocenters. The lowest BCUT2D eigenvalue weighted by Crippen LogP contribution is -2.63. The minimum absolute atomic E-state index is 0.0259. The first-order valence-electron chi connectivity index (χ1n) is 8.58. The number of carbonyl (C=O) groups excluding carboxylic acids is 1. The summed E-state index contributed by atoms with van der Waals surface area (Å²) < 4.78 is 0. The standard InChI is InChI=1S/C18H22N6O/c1-11(2)24-9-18(15-16(24)20-6-5-19-15)7-23(8-18)17(25)14-12(3)13(4)21-10-22-14/h5-6,10-11H,7-9H2,1-4H3. The zero-order chi connectivity index (χ0) is 17.8. The molecule has 2 aromatic heterocycles. The summed E-state index contributed by atoms with van der Waals surface area (Å²) in [5.74, 6) is 0.931. The quantitative estimate of drug-likeness (QED) is 0.826. The molecule has 7 nitrogen and oxygen atoms in total. The number of nitrogens with zero attached hydrogens (tertiary/aromatic N) is 6. The number of likely N-dealkylation sites (tertiary alicyclic amines) is 1. The van der Waals surface area contributed by atoms with Crippen LogP contribution in [0.2, 0.25) is 0 Å². The van der Waals surface area contributed by atoms with Gasteiger partial charge in [-0.2, -0.15) is 0 Å². The normalized spacial score (nSPS) is 17.8. The minimum Gasteiger partial charge on any atom is -0.352 e. The fourth-order valence-corrected chi connectivity index (χ4v) is 3.80. The Balaban J connectivity index is 1.59. The summed E-state index contributed by atoms with van der Waals surface area (Å²) in [5.41, 5.74) is 3.10. The summed E-state index contributed by atoms with van der Waals surface area (Å²) in [6, 6.07) is 0.353. The Morgan fingerprint density at radius 3 is 2.52 bits per heavy atom. The summed E-state index contributed by atoms with van der Waals surface area (Å²) in [5, 5.41) is 0. The van der Waals surface area contributed by atoms with Crippen molar-refractivity contribution >= 4 is 11.7 Å². The van der Waals surface area contributed by atoms with Gasteiger partial charge in [-0.25, -0.2) is 15.0 Å². The maximum absolute atomic E-state index is 12.9. The first-order chi connectivity index (χ1) is 11.9. The molecule has 25 heavy (non-hydrogen) atoms. The third kappa shape index (κ3) is 2.29. The average molecular weight is 338 g/mol. The molecular weight excluding hydrogens is 316 g/mol. The van der Waals surface area contributed by atoms with Crippen LogP contribution in [-0.4, -0.2) is 56.4 Å². The lowest BCUT2D eigenvalue weighted by molar-refractivity contribution is 0.0408. The molecule has 0 aliphatic carbocycles. The summed E-state index contributed by atoms with van der Waals surface area (Å²) in [7, 11) is 0. The van der Waals surface area contributed by atoms with Crippen molar-refractivity contribution in [3.05, 3.63) is 41.4 Å². The molecule has 4 rings (SSSR count). The van der Waals surface area contributed by atoms with Gasteiger partial charge in [0.05, 0.1) is 11.1 Å². The molecule has 0 radical (unpaired) electrons. The molecule has 0 aromatic carbocycles. The van der Waals surface area contributed by atoms with E-state index in [0.717, 1.165) is 29.3 Å². The van der Waals surface area contributed by atoms with Crippen molar-refractivity contribution in [1.82, 2.24) is 24.8 Å². The maximum Gasteiger partial charge on any atom is 0.272 e. The first kappa shape index (κ1) is 15.9. The minimum atomic E-state index is -0.112. The second-order valence-electron chi connectivity index (χ2n) is 7.32. The second kappa shape index (κ2) is 5.47. The summed E-state index contributed by atoms with van der Waals surface area (Å²) in [6.45, 7) is 10.3. The van der Waals surface area contributed by atoms with E-state index >= 15 is 0 Å². The number of amides is 1. The molecule has 0 atom stereocenters. The number of hydrogen-bond donors (Lipinski definition) is 0. The lowest BCUT2D eigenvalue weighted by Gasteiger charge is -2.47. The van der Waals surface area contributed by atoms with Gasteiger partial charge in [0.2, 0.25) is 0 Å². The highest BCUT2D eigenvalue weighted by atomic mass is 16.2. The number of rotatable bonds is 2. The number of aromatic nitrogens is 4. The Morgan fingerprint density at radius 1 is 1.08 bits per heavy atom. The van der Waals surface area contributed by atoms with Crippen molar-refractivity contribution < 1.29 is 4.79 Å². The van der Waals surface area contributed by atoms with Crippen LogP contribution < -0.4 is 4.90 Å². The molecule has 0 N–H and O–H groups in total. The van der Waals surface area contributed by atoms with E-state index < -0.39 is 0 Å². The molecule has 4 heterocycles. The van der Waals surface area contributed by atoms with Gasteiger partial charge in [-0.15, -0.1) is 0 Å². The van der Waals surface area contributed by atoms with Gasteiger partial charge >= 0.3 is 0 Å². The Hall–Kier alpha value is -2.57. The zero-order valence-electron chi connectivity index (χ0n) is 15.0. The van der Waals surface area contributed by atoms with E-state index in [1.165, 1.54) is 6.33 Å². The number of aryl methyl sites for hydroxylation is 1. The van der Waals surface area contributed by atoms with Crippen molar-refractivity contribution in [3.63, 3.8) is 0 Å². The van der Waals surface area contributed by atoms with E-state index in [1.807, 2.05) is 18.7 Å². The highest BCUT2D eigenvalue weighted by Gasteiger charge is 2.55. The highest BCUT2D eigenvalue weighted by Crippen LogP contribution is 2.45. The van der Waals surface area contributed by atoms with Crippen LogP contribution in [0.5, 0.6) is 0 Å². The molecule has 130 valence electrons. The van der Waals surface area contributed by atoms with Gasteiger partial charge in [0.25, 0.3) is 5.91 Å². The van der Waals surface area contributed by atoms with Crippen LogP contribution in [0.3, 0.4) is 0 Å². The molecule has 2 aromatic rings. The maximum atomic E-state index is 12.9. The van der Waals surface area contributed by atoms with E-state index in [0.29, 0.717) is 24.8 Å². The lowest BCUT2D eigenvalue weighted by atomic mass is 9.78. The van der Waals surface area contributed by atoms with Gasteiger partial charge in [-0.3, -0.25) is 9.78 Å². The van der Waals surface area contributed by atoms with Crippen LogP contribution in [0, 0.1) is 13.8 Å². The van der Waals surface area contributed by atoms with Crippen LogP contribution in [0.1, 0.15) is 41.3 Å². The summed E-state index contributed by atoms with van der Waals surface area (Å²) in [6.07, 6.45) is 4.94. The molecule has 2 aliphatic rings. The molecule has 2 aliphatic heterocycles. The van der Waals surface area contributed by atoms with Gasteiger partial charge in [0.1, 0.15) is 12.0 Å². The third-order valence-corrected chi connectivity index (χ3v) is 5.36. The van der Waals surface area contributed by atoms with E-state index in [4.69, 9.17) is 0 Å². The molecular formula is C18H22N6O. The Kier molecular flexibility index (Phi) is 3.49. The molecule has 7 heteroatoms. The van der Waals surface area contributed by atoms with E-state index in [1.54, 1.807) is 12.4 Å². The Labute approximate surface area is 147 Å². The monoisotopic (exact) mass is 338 g/mol. The highest BCUT2D eigenvalue weighted by molar-refractivity contribution is 5.94. The van der Waals surface area contributed by atoms with Crippen LogP contribution in [-0.2, 0) is 5.41 Å². The van der Waals surface area contributed by atoms with Crippen molar-refractivity contribution in [1.29, 1.82) is 0 Å². The van der Waals surface area contributed by atoms with Crippen LogP contribution in [0.4, 0.5) is 5.82 Å². The molecule has 1 saturated heterocycles. The summed E-state index contributed by atoms with van der Waals surface area (Å²) >= 11 is 0. The molecule has 1 amide bonds. The van der Waals surface area contributed by atoms with Gasteiger partial charge in [0, 0.05) is 49.3 Å². The number of hydrogen-bond acceptors (Lipinski definition) is 6. The van der Waals surface area contributed by atoms with Crippen molar-refractivity contribution in [2.75, 3.05) is 24.5 Å². The van der Waals surface area contributed by atoms with Gasteiger partial charge in [-0.05, 0) is 27.7 Å². The fraction of sp³-hybridized carbons (Fsp3) is 0.500. The number of carbonyl (C=O) groups is 1. The van der Waals surface area contributed by atoms with E-state index in [9.17, 15) is 4.79 Å². The number of anilines is 1. The van der Waals surface area contributed by atoms with Gasteiger partial charge in [0.15, 0.2) is 5.82 Å². The SMILES string of the molecule is Cc1ncnc(C(=O)N2CC3(C2)CN(C(C)C)c2nccnc23)c1C. The number of fused-ring (bicyclic) bond motifs is 2. The third-order valence-electron chi connectivity index (χ3n) is 5.36. The molecule has 0 saturated carbocycles. The predicted molar refractivity (Wildman–Crippen MR) is 93.6 cm³/mol. The van der Waals surface area contributed by atoms with Gasteiger partial charge in [-0.1, -0.05) is 0 Å². The Morgan fingerprint density at radius 2 is 1.80 bits per heavy atom. The predicted octanol–water partition coefficient (Wildman–Crippen LogP) is 1.51. The zero-order valence-corrected chi connectivity index (χ0v) is 15.0. The summed E-state index contributed by atoms with van der Waals surface area (Å²) in [4.78, 5) is 34.5. The average Bonchev–Trinajstić information content (AvgIpc) is 2.91. The van der Waals surface area contributed by atoms with Crippen LogP contribution in [0.15, 0.2) is 18.7 Å². The topological polar surface area (TPSA) is 75.1 Å². The van der Waals surface area contributed by atoms with E-state index in [2.05, 4.69) is 38.7 Å². The largest absolute Gasteiger partial charge is 0.352 e. The second-order valence-corrected chi connectivity index (χ2v) is 7.32. The van der Waals surface area contributed by atoms with Crippen molar-refractivity contribution in [2.45, 2.75) is 39.2 Å².